The number of nitrogens with zero attached hydrogens (tertiary/aromatic N) is 1. The van der Waals surface area contributed by atoms with Crippen LogP contribution in [0.25, 0.3) is 0 Å². The number of carbonyl (C=O) groups is 1. The SMILES string of the molecule is CN(CCOC(=O)c1ccc(F)cc1)C(C)(C)C. The molecular weight excluding hydrogens is 233 g/mol. The Morgan fingerprint density at radius 2 is 1.83 bits per heavy atom. The summed E-state index contributed by atoms with van der Waals surface area (Å²) in [6, 6.07) is 5.34. The maximum absolute atomic E-state index is 12.7. The van der Waals surface area contributed by atoms with Crippen LogP contribution in [0.5, 0.6) is 0 Å². The molecule has 4 heteroatoms. The fourth-order valence-electron chi connectivity index (χ4n) is 1.28. The first kappa shape index (κ1) is 14.6. The van der Waals surface area contributed by atoms with Crippen molar-refractivity contribution in [2.45, 2.75) is 26.3 Å². The molecule has 0 heterocycles. The van der Waals surface area contributed by atoms with E-state index in [1.165, 1.54) is 24.3 Å². The standard InChI is InChI=1S/C14H20FNO2/c1-14(2,3)16(4)9-10-18-13(17)11-5-7-12(15)8-6-11/h5-8H,9-10H2,1-4H3. The molecule has 0 spiro atoms. The lowest BCUT2D eigenvalue weighted by Gasteiger charge is -2.31. The first-order valence-corrected chi connectivity index (χ1v) is 5.94. The Kier molecular flexibility index (Phi) is 4.84. The van der Waals surface area contributed by atoms with Crippen LogP contribution in [0.3, 0.4) is 0 Å². The van der Waals surface area contributed by atoms with E-state index in [0.717, 1.165) is 0 Å². The van der Waals surface area contributed by atoms with Crippen LogP contribution in [0.4, 0.5) is 4.39 Å². The van der Waals surface area contributed by atoms with Crippen molar-refractivity contribution < 1.29 is 13.9 Å². The van der Waals surface area contributed by atoms with Crippen molar-refractivity contribution in [2.75, 3.05) is 20.2 Å². The van der Waals surface area contributed by atoms with Crippen molar-refractivity contribution in [1.29, 1.82) is 0 Å². The molecule has 0 aliphatic carbocycles. The van der Waals surface area contributed by atoms with Crippen LogP contribution >= 0.6 is 0 Å². The molecule has 0 aliphatic heterocycles. The lowest BCUT2D eigenvalue weighted by Crippen LogP contribution is -2.40. The van der Waals surface area contributed by atoms with Gasteiger partial charge in [-0.05, 0) is 52.1 Å². The molecule has 0 amide bonds. The van der Waals surface area contributed by atoms with E-state index < -0.39 is 5.97 Å². The second-order valence-corrected chi connectivity index (χ2v) is 5.24. The third-order valence-electron chi connectivity index (χ3n) is 2.88. The summed E-state index contributed by atoms with van der Waals surface area (Å²) in [5.74, 6) is -0.781. The van der Waals surface area contributed by atoms with Crippen LogP contribution in [0.15, 0.2) is 24.3 Å². The van der Waals surface area contributed by atoms with Gasteiger partial charge in [0, 0.05) is 12.1 Å². The number of esters is 1. The minimum atomic E-state index is -0.419. The van der Waals surface area contributed by atoms with Gasteiger partial charge in [0.1, 0.15) is 12.4 Å². The van der Waals surface area contributed by atoms with Crippen molar-refractivity contribution in [1.82, 2.24) is 4.90 Å². The van der Waals surface area contributed by atoms with Gasteiger partial charge in [0.25, 0.3) is 0 Å². The molecule has 1 rings (SSSR count). The highest BCUT2D eigenvalue weighted by Crippen LogP contribution is 2.10. The van der Waals surface area contributed by atoms with Crippen molar-refractivity contribution in [3.8, 4) is 0 Å². The molecule has 0 radical (unpaired) electrons. The summed E-state index contributed by atoms with van der Waals surface area (Å²) in [4.78, 5) is 13.7. The summed E-state index contributed by atoms with van der Waals surface area (Å²) < 4.78 is 17.8. The fourth-order valence-corrected chi connectivity index (χ4v) is 1.28. The highest BCUT2D eigenvalue weighted by molar-refractivity contribution is 5.89. The maximum atomic E-state index is 12.7. The molecule has 0 bridgehead atoms. The zero-order valence-corrected chi connectivity index (χ0v) is 11.4. The number of ether oxygens (including phenoxy) is 1. The van der Waals surface area contributed by atoms with E-state index in [1.54, 1.807) is 0 Å². The van der Waals surface area contributed by atoms with Crippen LogP contribution in [-0.2, 0) is 4.74 Å². The lowest BCUT2D eigenvalue weighted by atomic mass is 10.1. The predicted octanol–water partition coefficient (Wildman–Crippen LogP) is 2.71. The average molecular weight is 253 g/mol. The molecule has 0 atom stereocenters. The Morgan fingerprint density at radius 1 is 1.28 bits per heavy atom. The third-order valence-corrected chi connectivity index (χ3v) is 2.88. The van der Waals surface area contributed by atoms with E-state index in [-0.39, 0.29) is 11.4 Å². The molecule has 0 unspecified atom stereocenters. The molecule has 0 aliphatic rings. The monoisotopic (exact) mass is 253 g/mol. The van der Waals surface area contributed by atoms with E-state index in [4.69, 9.17) is 4.74 Å². The molecule has 1 aromatic rings. The Morgan fingerprint density at radius 3 is 2.33 bits per heavy atom. The second-order valence-electron chi connectivity index (χ2n) is 5.24. The normalized spacial score (nSPS) is 11.7. The number of likely N-dealkylation sites (N-methyl/N-ethyl adjacent to an activating group) is 1. The van der Waals surface area contributed by atoms with Crippen LogP contribution < -0.4 is 0 Å². The summed E-state index contributed by atoms with van der Waals surface area (Å²) in [5, 5.41) is 0. The molecule has 100 valence electrons. The topological polar surface area (TPSA) is 29.5 Å². The Balaban J connectivity index is 2.40. The van der Waals surface area contributed by atoms with Crippen LogP contribution in [0.1, 0.15) is 31.1 Å². The van der Waals surface area contributed by atoms with Gasteiger partial charge in [0.05, 0.1) is 5.56 Å². The van der Waals surface area contributed by atoms with Gasteiger partial charge >= 0.3 is 5.97 Å². The lowest BCUT2D eigenvalue weighted by molar-refractivity contribution is 0.0423. The van der Waals surface area contributed by atoms with E-state index in [9.17, 15) is 9.18 Å². The van der Waals surface area contributed by atoms with Gasteiger partial charge < -0.3 is 4.74 Å². The molecular formula is C14H20FNO2. The van der Waals surface area contributed by atoms with Gasteiger partial charge in [-0.15, -0.1) is 0 Å². The van der Waals surface area contributed by atoms with Gasteiger partial charge in [-0.2, -0.15) is 0 Å². The summed E-state index contributed by atoms with van der Waals surface area (Å²) in [5.41, 5.74) is 0.414. The van der Waals surface area contributed by atoms with Gasteiger partial charge in [-0.25, -0.2) is 9.18 Å². The van der Waals surface area contributed by atoms with Crippen molar-refractivity contribution >= 4 is 5.97 Å². The minimum Gasteiger partial charge on any atom is -0.461 e. The first-order valence-electron chi connectivity index (χ1n) is 5.94. The largest absolute Gasteiger partial charge is 0.461 e. The van der Waals surface area contributed by atoms with E-state index >= 15 is 0 Å². The second kappa shape index (κ2) is 5.96. The molecule has 3 nitrogen and oxygen atoms in total. The quantitative estimate of drug-likeness (QED) is 0.773. The molecule has 1 aromatic carbocycles. The first-order chi connectivity index (χ1) is 8.30. The maximum Gasteiger partial charge on any atom is 0.338 e. The molecule has 0 aromatic heterocycles. The molecule has 0 saturated heterocycles. The summed E-state index contributed by atoms with van der Waals surface area (Å²) in [6.07, 6.45) is 0. The number of benzene rings is 1. The third kappa shape index (κ3) is 4.45. The van der Waals surface area contributed by atoms with Crippen molar-refractivity contribution in [3.63, 3.8) is 0 Å². The average Bonchev–Trinajstić information content (AvgIpc) is 2.28. The Bertz CT molecular complexity index is 395. The van der Waals surface area contributed by atoms with Crippen LogP contribution in [-0.4, -0.2) is 36.6 Å². The van der Waals surface area contributed by atoms with Crippen molar-refractivity contribution in [2.24, 2.45) is 0 Å². The van der Waals surface area contributed by atoms with E-state index in [2.05, 4.69) is 25.7 Å². The van der Waals surface area contributed by atoms with Crippen LogP contribution in [0, 0.1) is 5.82 Å². The summed E-state index contributed by atoms with van der Waals surface area (Å²) >= 11 is 0. The smallest absolute Gasteiger partial charge is 0.338 e. The fraction of sp³-hybridized carbons (Fsp3) is 0.500. The Hall–Kier alpha value is -1.42. The number of rotatable bonds is 4. The van der Waals surface area contributed by atoms with Gasteiger partial charge in [-0.3, -0.25) is 4.90 Å². The highest BCUT2D eigenvalue weighted by Gasteiger charge is 2.17. The molecule has 18 heavy (non-hydrogen) atoms. The molecule has 0 saturated carbocycles. The molecule has 0 fully saturated rings. The minimum absolute atomic E-state index is 0.0439. The summed E-state index contributed by atoms with van der Waals surface area (Å²) in [7, 11) is 1.98. The number of carbonyl (C=O) groups excluding carboxylic acids is 1. The molecule has 0 N–H and O–H groups in total. The van der Waals surface area contributed by atoms with E-state index in [1.807, 2.05) is 7.05 Å². The van der Waals surface area contributed by atoms with Gasteiger partial charge in [0.15, 0.2) is 0 Å². The highest BCUT2D eigenvalue weighted by atomic mass is 19.1. The summed E-state index contributed by atoms with van der Waals surface area (Å²) in [6.45, 7) is 7.26. The van der Waals surface area contributed by atoms with Gasteiger partial charge in [0.2, 0.25) is 0 Å². The zero-order chi connectivity index (χ0) is 13.8. The number of halogens is 1. The van der Waals surface area contributed by atoms with E-state index in [0.29, 0.717) is 18.7 Å². The Labute approximate surface area is 108 Å². The van der Waals surface area contributed by atoms with Gasteiger partial charge in [-0.1, -0.05) is 0 Å². The van der Waals surface area contributed by atoms with Crippen molar-refractivity contribution in [3.05, 3.63) is 35.6 Å². The van der Waals surface area contributed by atoms with Crippen LogP contribution in [0.2, 0.25) is 0 Å². The number of hydrogen-bond donors (Lipinski definition) is 0. The number of hydrogen-bond acceptors (Lipinski definition) is 3. The zero-order valence-electron chi connectivity index (χ0n) is 11.4. The predicted molar refractivity (Wildman–Crippen MR) is 69.1 cm³/mol.